The van der Waals surface area contributed by atoms with Crippen molar-refractivity contribution in [1.82, 2.24) is 30.3 Å². The largest absolute Gasteiger partial charge is 0.392 e. The molecule has 3 aromatic rings. The van der Waals surface area contributed by atoms with Crippen molar-refractivity contribution < 1.29 is 9.90 Å². The van der Waals surface area contributed by atoms with Crippen molar-refractivity contribution >= 4 is 5.91 Å². The van der Waals surface area contributed by atoms with Crippen molar-refractivity contribution in [3.05, 3.63) is 69.7 Å². The number of benzene rings is 1. The summed E-state index contributed by atoms with van der Waals surface area (Å²) < 4.78 is 1.56. The summed E-state index contributed by atoms with van der Waals surface area (Å²) in [6, 6.07) is 7.32. The average Bonchev–Trinajstić information content (AvgIpc) is 3.14. The lowest BCUT2D eigenvalue weighted by Gasteiger charge is -2.05. The van der Waals surface area contributed by atoms with Gasteiger partial charge in [0.2, 0.25) is 5.91 Å². The van der Waals surface area contributed by atoms with Crippen molar-refractivity contribution in [2.45, 2.75) is 32.9 Å². The number of rotatable bonds is 7. The molecule has 1 amide bonds. The third-order valence-corrected chi connectivity index (χ3v) is 4.04. The minimum absolute atomic E-state index is 0.102. The number of aromatic nitrogens is 5. The van der Waals surface area contributed by atoms with Crippen molar-refractivity contribution in [1.29, 1.82) is 0 Å². The van der Waals surface area contributed by atoms with Gasteiger partial charge in [0.25, 0.3) is 5.56 Å². The number of para-hydroxylation sites is 1. The minimum Gasteiger partial charge on any atom is -0.392 e. The van der Waals surface area contributed by atoms with E-state index in [1.807, 2.05) is 18.2 Å². The van der Waals surface area contributed by atoms with E-state index in [4.69, 9.17) is 0 Å². The number of H-pyrrole nitrogens is 1. The number of aromatic amines is 1. The molecule has 3 rings (SSSR count). The second-order valence-corrected chi connectivity index (χ2v) is 6.04. The molecule has 0 saturated carbocycles. The molecule has 0 bridgehead atoms. The van der Waals surface area contributed by atoms with Gasteiger partial charge in [-0.05, 0) is 19.4 Å². The zero-order chi connectivity index (χ0) is 19.2. The van der Waals surface area contributed by atoms with Gasteiger partial charge in [0.1, 0.15) is 11.5 Å². The highest BCUT2D eigenvalue weighted by Gasteiger charge is 2.09. The smallest absolute Gasteiger partial charge is 0.254 e. The fourth-order valence-electron chi connectivity index (χ4n) is 2.58. The van der Waals surface area contributed by atoms with E-state index in [2.05, 4.69) is 25.6 Å². The van der Waals surface area contributed by atoms with Gasteiger partial charge in [0.05, 0.1) is 25.0 Å². The lowest BCUT2D eigenvalue weighted by atomic mass is 10.2. The van der Waals surface area contributed by atoms with Crippen LogP contribution in [0.15, 0.2) is 41.5 Å². The third-order valence-electron chi connectivity index (χ3n) is 4.04. The van der Waals surface area contributed by atoms with E-state index in [0.29, 0.717) is 23.5 Å². The van der Waals surface area contributed by atoms with Crippen molar-refractivity contribution in [3.8, 4) is 5.69 Å². The Balaban J connectivity index is 1.55. The van der Waals surface area contributed by atoms with Crippen LogP contribution in [0.3, 0.4) is 0 Å². The standard InChI is InChI=1S/C18H20N6O3/c1-12-19-8-13(18(27)21-12)6-7-17(26)20-9-15-10-24(23-22-15)16-5-3-2-4-14(16)11-25/h2-5,8,10,25H,6-7,9,11H2,1H3,(H,20,26)(H,19,21,27). The number of amides is 1. The Hall–Kier alpha value is -3.33. The highest BCUT2D eigenvalue weighted by atomic mass is 16.3. The van der Waals surface area contributed by atoms with E-state index in [1.54, 1.807) is 23.9 Å². The molecule has 0 saturated heterocycles. The van der Waals surface area contributed by atoms with Crippen molar-refractivity contribution in [3.63, 3.8) is 0 Å². The molecule has 0 radical (unpaired) electrons. The van der Waals surface area contributed by atoms with E-state index < -0.39 is 0 Å². The average molecular weight is 368 g/mol. The van der Waals surface area contributed by atoms with Crippen LogP contribution < -0.4 is 10.9 Å². The van der Waals surface area contributed by atoms with Crippen LogP contribution in [0.1, 0.15) is 29.1 Å². The molecule has 9 nitrogen and oxygen atoms in total. The maximum atomic E-state index is 12.0. The number of nitrogens with zero attached hydrogens (tertiary/aromatic N) is 4. The Morgan fingerprint density at radius 3 is 2.89 bits per heavy atom. The maximum absolute atomic E-state index is 12.0. The summed E-state index contributed by atoms with van der Waals surface area (Å²) in [5.74, 6) is 0.347. The number of nitrogens with one attached hydrogen (secondary N) is 2. The second-order valence-electron chi connectivity index (χ2n) is 6.04. The summed E-state index contributed by atoms with van der Waals surface area (Å²) in [5.41, 5.74) is 2.31. The van der Waals surface area contributed by atoms with Crippen LogP contribution in [-0.4, -0.2) is 36.0 Å². The van der Waals surface area contributed by atoms with Crippen LogP contribution in [0.25, 0.3) is 5.69 Å². The number of hydrogen-bond donors (Lipinski definition) is 3. The molecule has 2 aromatic heterocycles. The molecule has 0 spiro atoms. The van der Waals surface area contributed by atoms with Crippen LogP contribution in [0.4, 0.5) is 0 Å². The van der Waals surface area contributed by atoms with E-state index >= 15 is 0 Å². The van der Waals surface area contributed by atoms with Gasteiger partial charge >= 0.3 is 0 Å². The van der Waals surface area contributed by atoms with Gasteiger partial charge in [-0.3, -0.25) is 9.59 Å². The zero-order valence-corrected chi connectivity index (χ0v) is 14.8. The summed E-state index contributed by atoms with van der Waals surface area (Å²) in [5, 5.41) is 20.2. The molecular formula is C18H20N6O3. The Kier molecular flexibility index (Phi) is 5.72. The number of carbonyl (C=O) groups excluding carboxylic acids is 1. The Morgan fingerprint density at radius 1 is 1.30 bits per heavy atom. The Bertz CT molecular complexity index is 995. The van der Waals surface area contributed by atoms with Gasteiger partial charge in [-0.15, -0.1) is 5.10 Å². The van der Waals surface area contributed by atoms with Crippen molar-refractivity contribution in [2.24, 2.45) is 0 Å². The monoisotopic (exact) mass is 368 g/mol. The van der Waals surface area contributed by atoms with Gasteiger partial charge in [-0.2, -0.15) is 0 Å². The van der Waals surface area contributed by atoms with E-state index in [0.717, 1.165) is 11.3 Å². The molecule has 0 unspecified atom stereocenters. The molecule has 9 heteroatoms. The first-order valence-electron chi connectivity index (χ1n) is 8.48. The summed E-state index contributed by atoms with van der Waals surface area (Å²) in [4.78, 5) is 30.4. The molecule has 2 heterocycles. The van der Waals surface area contributed by atoms with Gasteiger partial charge in [-0.25, -0.2) is 9.67 Å². The number of aliphatic hydroxyl groups excluding tert-OH is 1. The zero-order valence-electron chi connectivity index (χ0n) is 14.8. The Labute approximate surface area is 155 Å². The molecule has 0 atom stereocenters. The molecule has 1 aromatic carbocycles. The summed E-state index contributed by atoms with van der Waals surface area (Å²) in [7, 11) is 0. The van der Waals surface area contributed by atoms with Crippen LogP contribution in [0.5, 0.6) is 0 Å². The first-order valence-corrected chi connectivity index (χ1v) is 8.48. The predicted octanol–water partition coefficient (Wildman–Crippen LogP) is 0.400. The number of hydrogen-bond acceptors (Lipinski definition) is 6. The van der Waals surface area contributed by atoms with Crippen LogP contribution >= 0.6 is 0 Å². The lowest BCUT2D eigenvalue weighted by Crippen LogP contribution is -2.24. The van der Waals surface area contributed by atoms with Gasteiger partial charge < -0.3 is 15.4 Å². The van der Waals surface area contributed by atoms with Gasteiger partial charge in [0, 0.05) is 23.7 Å². The molecule has 140 valence electrons. The first-order chi connectivity index (χ1) is 13.1. The normalized spacial score (nSPS) is 10.7. The van der Waals surface area contributed by atoms with Gasteiger partial charge in [-0.1, -0.05) is 23.4 Å². The van der Waals surface area contributed by atoms with E-state index in [9.17, 15) is 14.7 Å². The molecule has 27 heavy (non-hydrogen) atoms. The second kappa shape index (κ2) is 8.37. The molecule has 0 aliphatic heterocycles. The third kappa shape index (κ3) is 4.64. The predicted molar refractivity (Wildman–Crippen MR) is 97.0 cm³/mol. The number of carbonyl (C=O) groups is 1. The maximum Gasteiger partial charge on any atom is 0.254 e. The highest BCUT2D eigenvalue weighted by molar-refractivity contribution is 5.76. The van der Waals surface area contributed by atoms with E-state index in [1.165, 1.54) is 6.20 Å². The first kappa shape index (κ1) is 18.5. The lowest BCUT2D eigenvalue weighted by molar-refractivity contribution is -0.121. The number of aliphatic hydroxyl groups is 1. The Morgan fingerprint density at radius 2 is 2.11 bits per heavy atom. The molecular weight excluding hydrogens is 348 g/mol. The van der Waals surface area contributed by atoms with Crippen LogP contribution in [-0.2, 0) is 24.4 Å². The minimum atomic E-state index is -0.221. The molecule has 0 aliphatic rings. The van der Waals surface area contributed by atoms with E-state index in [-0.39, 0.29) is 31.0 Å². The quantitative estimate of drug-likeness (QED) is 0.554. The highest BCUT2D eigenvalue weighted by Crippen LogP contribution is 2.13. The summed E-state index contributed by atoms with van der Waals surface area (Å²) in [6.45, 7) is 1.82. The fourth-order valence-corrected chi connectivity index (χ4v) is 2.58. The molecule has 0 aliphatic carbocycles. The molecule has 0 fully saturated rings. The number of aryl methyl sites for hydroxylation is 2. The van der Waals surface area contributed by atoms with Crippen LogP contribution in [0.2, 0.25) is 0 Å². The summed E-state index contributed by atoms with van der Waals surface area (Å²) in [6.07, 6.45) is 3.68. The SMILES string of the molecule is Cc1ncc(CCC(=O)NCc2cn(-c3ccccc3CO)nn2)c(=O)[nH]1. The van der Waals surface area contributed by atoms with Crippen molar-refractivity contribution in [2.75, 3.05) is 0 Å². The topological polar surface area (TPSA) is 126 Å². The summed E-state index contributed by atoms with van der Waals surface area (Å²) >= 11 is 0. The van der Waals surface area contributed by atoms with Crippen LogP contribution in [0, 0.1) is 6.92 Å². The van der Waals surface area contributed by atoms with Gasteiger partial charge in [0.15, 0.2) is 0 Å². The fraction of sp³-hybridized carbons (Fsp3) is 0.278. The molecule has 3 N–H and O–H groups in total.